The van der Waals surface area contributed by atoms with Gasteiger partial charge >= 0.3 is 0 Å². The van der Waals surface area contributed by atoms with Crippen molar-refractivity contribution in [2.45, 2.75) is 11.4 Å². The number of hydrogen-bond acceptors (Lipinski definition) is 4. The van der Waals surface area contributed by atoms with Crippen LogP contribution in [0.2, 0.25) is 0 Å². The molecule has 3 rings (SSSR count). The highest BCUT2D eigenvalue weighted by Crippen LogP contribution is 2.22. The van der Waals surface area contributed by atoms with Crippen molar-refractivity contribution >= 4 is 42.6 Å². The van der Waals surface area contributed by atoms with E-state index >= 15 is 0 Å². The topological polar surface area (TPSA) is 72.3 Å². The molecule has 130 valence electrons. The Morgan fingerprint density at radius 1 is 1.16 bits per heavy atom. The summed E-state index contributed by atoms with van der Waals surface area (Å²) < 4.78 is 27.8. The highest BCUT2D eigenvalue weighted by Gasteiger charge is 2.17. The third-order valence-electron chi connectivity index (χ3n) is 3.80. The average Bonchev–Trinajstić information content (AvgIpc) is 2.98. The lowest BCUT2D eigenvalue weighted by molar-refractivity contribution is 0.0968. The summed E-state index contributed by atoms with van der Waals surface area (Å²) in [5, 5.41) is 5.32. The van der Waals surface area contributed by atoms with Gasteiger partial charge in [0, 0.05) is 35.7 Å². The number of hydrogen-bond donors (Lipinski definition) is 0. The predicted octanol–water partition coefficient (Wildman–Crippen LogP) is 2.93. The van der Waals surface area contributed by atoms with Gasteiger partial charge in [-0.15, -0.1) is 0 Å². The summed E-state index contributed by atoms with van der Waals surface area (Å²) in [5.74, 6) is -0.141. The van der Waals surface area contributed by atoms with Crippen molar-refractivity contribution in [3.63, 3.8) is 0 Å². The number of Topliss-reactive ketones (excluding diaryl/α,β-unsaturated/α-hetero) is 1. The van der Waals surface area contributed by atoms with E-state index in [2.05, 4.69) is 21.0 Å². The van der Waals surface area contributed by atoms with Crippen molar-refractivity contribution in [2.75, 3.05) is 14.1 Å². The van der Waals surface area contributed by atoms with E-state index in [0.717, 1.165) is 19.7 Å². The Labute approximate surface area is 154 Å². The summed E-state index contributed by atoms with van der Waals surface area (Å²) in [7, 11) is -0.567. The van der Waals surface area contributed by atoms with E-state index in [9.17, 15) is 13.2 Å². The summed E-state index contributed by atoms with van der Waals surface area (Å²) in [6.45, 7) is 0.0842. The standard InChI is InChI=1S/C17H16BrN3O3S/c1-20(2)25(23,24)13-8-6-12(7-9-13)17(22)11-21-10-14-15(18)4-3-5-16(14)19-21/h3-10H,11H2,1-2H3. The van der Waals surface area contributed by atoms with Gasteiger partial charge in [-0.2, -0.15) is 5.10 Å². The molecule has 0 radical (unpaired) electrons. The summed E-state index contributed by atoms with van der Waals surface area (Å²) in [4.78, 5) is 12.6. The number of benzene rings is 2. The van der Waals surface area contributed by atoms with Crippen LogP contribution in [0.4, 0.5) is 0 Å². The van der Waals surface area contributed by atoms with Crippen LogP contribution in [0.5, 0.6) is 0 Å². The van der Waals surface area contributed by atoms with Crippen LogP contribution in [0.25, 0.3) is 10.9 Å². The molecule has 0 amide bonds. The van der Waals surface area contributed by atoms with E-state index in [1.807, 2.05) is 24.4 Å². The number of carbonyl (C=O) groups is 1. The van der Waals surface area contributed by atoms with E-state index < -0.39 is 10.0 Å². The zero-order valence-corrected chi connectivity index (χ0v) is 16.1. The molecule has 2 aromatic carbocycles. The Balaban J connectivity index is 1.82. The van der Waals surface area contributed by atoms with Gasteiger partial charge in [0.25, 0.3) is 0 Å². The first-order valence-corrected chi connectivity index (χ1v) is 9.70. The van der Waals surface area contributed by atoms with Crippen molar-refractivity contribution in [3.05, 3.63) is 58.7 Å². The zero-order chi connectivity index (χ0) is 18.2. The first kappa shape index (κ1) is 17.8. The van der Waals surface area contributed by atoms with Crippen LogP contribution in [0.15, 0.2) is 58.0 Å². The predicted molar refractivity (Wildman–Crippen MR) is 99.1 cm³/mol. The van der Waals surface area contributed by atoms with E-state index in [1.54, 1.807) is 4.68 Å². The first-order valence-electron chi connectivity index (χ1n) is 7.46. The fourth-order valence-corrected chi connectivity index (χ4v) is 3.76. The van der Waals surface area contributed by atoms with E-state index in [-0.39, 0.29) is 17.2 Å². The molecule has 1 heterocycles. The van der Waals surface area contributed by atoms with Gasteiger partial charge in [-0.1, -0.05) is 22.0 Å². The maximum Gasteiger partial charge on any atom is 0.242 e. The van der Waals surface area contributed by atoms with Crippen molar-refractivity contribution in [3.8, 4) is 0 Å². The number of rotatable bonds is 5. The second kappa shape index (κ2) is 6.70. The SMILES string of the molecule is CN(C)S(=O)(=O)c1ccc(C(=O)Cn2cc3c(Br)cccc3n2)cc1. The molecule has 0 saturated carbocycles. The molecular formula is C17H16BrN3O3S. The normalized spacial score (nSPS) is 12.0. The van der Waals surface area contributed by atoms with Crippen LogP contribution in [-0.4, -0.2) is 42.4 Å². The van der Waals surface area contributed by atoms with Gasteiger partial charge < -0.3 is 0 Å². The monoisotopic (exact) mass is 421 g/mol. The number of carbonyl (C=O) groups excluding carboxylic acids is 1. The highest BCUT2D eigenvalue weighted by atomic mass is 79.9. The number of nitrogens with zero attached hydrogens (tertiary/aromatic N) is 3. The van der Waals surface area contributed by atoms with Crippen LogP contribution < -0.4 is 0 Å². The van der Waals surface area contributed by atoms with Gasteiger partial charge in [-0.25, -0.2) is 12.7 Å². The lowest BCUT2D eigenvalue weighted by Gasteiger charge is -2.11. The smallest absolute Gasteiger partial charge is 0.242 e. The molecule has 0 saturated heterocycles. The molecule has 0 aliphatic carbocycles. The zero-order valence-electron chi connectivity index (χ0n) is 13.7. The molecule has 1 aromatic heterocycles. The van der Waals surface area contributed by atoms with Gasteiger partial charge in [0.2, 0.25) is 10.0 Å². The summed E-state index contributed by atoms with van der Waals surface area (Å²) in [5.41, 5.74) is 1.24. The van der Waals surface area contributed by atoms with Crippen molar-refractivity contribution in [1.29, 1.82) is 0 Å². The van der Waals surface area contributed by atoms with Crippen LogP contribution in [0.1, 0.15) is 10.4 Å². The van der Waals surface area contributed by atoms with Crippen molar-refractivity contribution in [2.24, 2.45) is 0 Å². The minimum absolute atomic E-state index is 0.0842. The maximum absolute atomic E-state index is 12.4. The lowest BCUT2D eigenvalue weighted by atomic mass is 10.1. The molecule has 0 aliphatic heterocycles. The van der Waals surface area contributed by atoms with Gasteiger partial charge in [-0.05, 0) is 36.4 Å². The minimum Gasteiger partial charge on any atom is -0.292 e. The number of ketones is 1. The molecule has 0 fully saturated rings. The Bertz CT molecular complexity index is 1040. The van der Waals surface area contributed by atoms with E-state index in [0.29, 0.717) is 5.56 Å². The van der Waals surface area contributed by atoms with Crippen molar-refractivity contribution in [1.82, 2.24) is 14.1 Å². The van der Waals surface area contributed by atoms with E-state index in [4.69, 9.17) is 0 Å². The Morgan fingerprint density at radius 3 is 2.44 bits per heavy atom. The fraction of sp³-hybridized carbons (Fsp3) is 0.176. The molecule has 3 aromatic rings. The summed E-state index contributed by atoms with van der Waals surface area (Å²) in [6, 6.07) is 11.6. The number of sulfonamides is 1. The number of halogens is 1. The second-order valence-electron chi connectivity index (χ2n) is 5.73. The van der Waals surface area contributed by atoms with Crippen LogP contribution in [0, 0.1) is 0 Å². The molecule has 0 aliphatic rings. The third-order valence-corrected chi connectivity index (χ3v) is 6.33. The third kappa shape index (κ3) is 3.51. The lowest BCUT2D eigenvalue weighted by Crippen LogP contribution is -2.22. The molecule has 0 N–H and O–H groups in total. The van der Waals surface area contributed by atoms with Gasteiger partial charge in [0.05, 0.1) is 10.4 Å². The summed E-state index contributed by atoms with van der Waals surface area (Å²) >= 11 is 3.46. The molecule has 8 heteroatoms. The van der Waals surface area contributed by atoms with Gasteiger partial charge in [0.15, 0.2) is 5.78 Å². The molecule has 25 heavy (non-hydrogen) atoms. The molecule has 0 atom stereocenters. The van der Waals surface area contributed by atoms with Crippen molar-refractivity contribution < 1.29 is 13.2 Å². The number of aromatic nitrogens is 2. The van der Waals surface area contributed by atoms with Crippen LogP contribution in [-0.2, 0) is 16.6 Å². The van der Waals surface area contributed by atoms with Crippen LogP contribution in [0.3, 0.4) is 0 Å². The largest absolute Gasteiger partial charge is 0.292 e. The number of fused-ring (bicyclic) bond motifs is 1. The minimum atomic E-state index is -3.50. The Morgan fingerprint density at radius 2 is 1.84 bits per heavy atom. The molecule has 0 bridgehead atoms. The summed E-state index contributed by atoms with van der Waals surface area (Å²) in [6.07, 6.45) is 1.81. The molecule has 0 spiro atoms. The van der Waals surface area contributed by atoms with E-state index in [1.165, 1.54) is 38.4 Å². The fourth-order valence-electron chi connectivity index (χ4n) is 2.40. The van der Waals surface area contributed by atoms with Gasteiger partial charge in [0.1, 0.15) is 6.54 Å². The van der Waals surface area contributed by atoms with Gasteiger partial charge in [-0.3, -0.25) is 9.48 Å². The Kier molecular flexibility index (Phi) is 4.77. The maximum atomic E-state index is 12.4. The highest BCUT2D eigenvalue weighted by molar-refractivity contribution is 9.10. The molecular weight excluding hydrogens is 406 g/mol. The second-order valence-corrected chi connectivity index (χ2v) is 8.74. The first-order chi connectivity index (χ1) is 11.8. The van der Waals surface area contributed by atoms with Crippen LogP contribution >= 0.6 is 15.9 Å². The Hall–Kier alpha value is -2.03. The average molecular weight is 422 g/mol. The molecule has 0 unspecified atom stereocenters. The molecule has 6 nitrogen and oxygen atoms in total. The quantitative estimate of drug-likeness (QED) is 0.593.